The third-order valence-corrected chi connectivity index (χ3v) is 4.26. The number of nitrogens with zero attached hydrogens (tertiary/aromatic N) is 6. The summed E-state index contributed by atoms with van der Waals surface area (Å²) in [4.78, 5) is 2.80. The summed E-state index contributed by atoms with van der Waals surface area (Å²) >= 11 is 6.00. The summed E-state index contributed by atoms with van der Waals surface area (Å²) in [5, 5.41) is 18.5. The van der Waals surface area contributed by atoms with Gasteiger partial charge in [-0.2, -0.15) is 0 Å². The fourth-order valence-corrected chi connectivity index (χ4v) is 2.81. The Morgan fingerprint density at radius 1 is 0.833 bits per heavy atom. The van der Waals surface area contributed by atoms with E-state index in [-0.39, 0.29) is 5.41 Å². The summed E-state index contributed by atoms with van der Waals surface area (Å²) < 4.78 is 0. The number of halogens is 1. The van der Waals surface area contributed by atoms with Crippen molar-refractivity contribution in [1.29, 1.82) is 0 Å². The summed E-state index contributed by atoms with van der Waals surface area (Å²) in [5.74, 6) is 0. The van der Waals surface area contributed by atoms with Crippen molar-refractivity contribution in [1.82, 2.24) is 30.2 Å². The van der Waals surface area contributed by atoms with Crippen molar-refractivity contribution in [2.75, 3.05) is 0 Å². The molecule has 0 saturated carbocycles. The monoisotopic (exact) mass is 340 g/mol. The molecule has 0 spiro atoms. The molecule has 24 heavy (non-hydrogen) atoms. The van der Waals surface area contributed by atoms with Crippen LogP contribution >= 0.6 is 11.6 Å². The molecule has 4 rings (SSSR count). The van der Waals surface area contributed by atoms with Gasteiger partial charge in [-0.25, -0.2) is 0 Å². The summed E-state index contributed by atoms with van der Waals surface area (Å²) in [7, 11) is 0. The van der Waals surface area contributed by atoms with Crippen molar-refractivity contribution < 1.29 is 0 Å². The Labute approximate surface area is 144 Å². The first-order chi connectivity index (χ1) is 11.3. The lowest BCUT2D eigenvalue weighted by Crippen LogP contribution is -2.15. The quantitative estimate of drug-likeness (QED) is 0.529. The average Bonchev–Trinajstić information content (AvgIpc) is 3.09. The van der Waals surface area contributed by atoms with Gasteiger partial charge >= 0.3 is 0 Å². The first-order valence-corrected chi connectivity index (χ1v) is 8.10. The van der Waals surface area contributed by atoms with Crippen LogP contribution < -0.4 is 0 Å². The molecule has 0 aliphatic carbocycles. The third kappa shape index (κ3) is 2.43. The van der Waals surface area contributed by atoms with Crippen molar-refractivity contribution >= 4 is 33.7 Å². The van der Waals surface area contributed by atoms with E-state index in [0.29, 0.717) is 10.5 Å². The first kappa shape index (κ1) is 15.1. The van der Waals surface area contributed by atoms with E-state index in [2.05, 4.69) is 53.3 Å². The molecule has 2 heterocycles. The highest BCUT2D eigenvalue weighted by atomic mass is 35.5. The van der Waals surface area contributed by atoms with Crippen molar-refractivity contribution in [3.8, 4) is 0 Å². The van der Waals surface area contributed by atoms with E-state index in [1.807, 2.05) is 13.0 Å². The first-order valence-electron chi connectivity index (χ1n) is 7.73. The minimum Gasteiger partial charge on any atom is -0.128 e. The normalized spacial score (nSPS) is 12.4. The molecule has 0 bridgehead atoms. The number of fused-ring (bicyclic) bond motifs is 2. The van der Waals surface area contributed by atoms with E-state index < -0.39 is 0 Å². The fourth-order valence-electron chi connectivity index (χ4n) is 2.64. The van der Waals surface area contributed by atoms with Gasteiger partial charge in [-0.05, 0) is 57.5 Å². The molecule has 0 N–H and O–H groups in total. The third-order valence-electron chi connectivity index (χ3n) is 4.02. The number of benzene rings is 2. The molecule has 0 aliphatic heterocycles. The predicted octanol–water partition coefficient (Wildman–Crippen LogP) is 3.75. The number of hydrogen-bond acceptors (Lipinski definition) is 4. The van der Waals surface area contributed by atoms with Crippen LogP contribution in [0.5, 0.6) is 0 Å². The number of aromatic nitrogens is 6. The highest BCUT2D eigenvalue weighted by Gasteiger charge is 2.18. The zero-order valence-corrected chi connectivity index (χ0v) is 14.7. The molecule has 0 atom stereocenters. The highest BCUT2D eigenvalue weighted by molar-refractivity contribution is 6.31. The molecular weight excluding hydrogens is 324 g/mol. The van der Waals surface area contributed by atoms with E-state index in [1.54, 1.807) is 12.1 Å². The molecule has 7 heteroatoms. The predicted molar refractivity (Wildman–Crippen MR) is 94.3 cm³/mol. The molecule has 4 aromatic rings. The lowest BCUT2D eigenvalue weighted by Gasteiger charge is -2.19. The molecule has 2 aromatic carbocycles. The van der Waals surface area contributed by atoms with Crippen molar-refractivity contribution in [2.45, 2.75) is 33.1 Å². The zero-order chi connectivity index (χ0) is 17.1. The second-order valence-electron chi connectivity index (χ2n) is 6.98. The van der Waals surface area contributed by atoms with Crippen molar-refractivity contribution in [3.63, 3.8) is 0 Å². The van der Waals surface area contributed by atoms with Gasteiger partial charge < -0.3 is 0 Å². The van der Waals surface area contributed by atoms with Crippen LogP contribution in [0, 0.1) is 6.92 Å². The average molecular weight is 341 g/mol. The van der Waals surface area contributed by atoms with Crippen LogP contribution in [0.4, 0.5) is 0 Å². The summed E-state index contributed by atoms with van der Waals surface area (Å²) in [6.45, 7) is 8.60. The Morgan fingerprint density at radius 2 is 1.50 bits per heavy atom. The van der Waals surface area contributed by atoms with Crippen LogP contribution in [0.1, 0.15) is 31.9 Å². The topological polar surface area (TPSA) is 61.4 Å². The smallest absolute Gasteiger partial charge is 0.118 e. The zero-order valence-electron chi connectivity index (χ0n) is 13.9. The molecule has 6 nitrogen and oxygen atoms in total. The minimum absolute atomic E-state index is 0.0537. The van der Waals surface area contributed by atoms with Crippen molar-refractivity contribution in [3.05, 3.63) is 46.5 Å². The largest absolute Gasteiger partial charge is 0.128 e. The Balaban J connectivity index is 1.88. The van der Waals surface area contributed by atoms with Crippen LogP contribution in [0.25, 0.3) is 22.1 Å². The van der Waals surface area contributed by atoms with Gasteiger partial charge in [-0.15, -0.1) is 20.4 Å². The number of hydrogen-bond donors (Lipinski definition) is 0. The van der Waals surface area contributed by atoms with E-state index >= 15 is 0 Å². The van der Waals surface area contributed by atoms with Gasteiger partial charge in [0.2, 0.25) is 0 Å². The lowest BCUT2D eigenvalue weighted by atomic mass is 9.86. The number of aryl methyl sites for hydroxylation is 1. The molecule has 2 aromatic heterocycles. The van der Waals surface area contributed by atoms with Crippen LogP contribution in [-0.2, 0) is 5.41 Å². The summed E-state index contributed by atoms with van der Waals surface area (Å²) in [6, 6.07) is 9.62. The molecule has 122 valence electrons. The van der Waals surface area contributed by atoms with Crippen molar-refractivity contribution in [2.24, 2.45) is 0 Å². The van der Waals surface area contributed by atoms with Crippen LogP contribution in [0.2, 0.25) is 5.02 Å². The lowest BCUT2D eigenvalue weighted by molar-refractivity contribution is 0.398. The molecule has 0 saturated heterocycles. The maximum absolute atomic E-state index is 6.00. The SMILES string of the molecule is Cc1cc(C(C)(C)C)cc2nn(-n3nc4ccc(Cl)cc4n3)nc12. The summed E-state index contributed by atoms with van der Waals surface area (Å²) in [6.07, 6.45) is 0. The molecule has 0 radical (unpaired) electrons. The van der Waals surface area contributed by atoms with E-state index in [9.17, 15) is 0 Å². The standard InChI is InChI=1S/C17H17ClN6/c1-10-7-11(17(2,3)4)8-15-16(10)22-24(21-15)23-19-13-6-5-12(18)9-14(13)20-23/h5-9H,1-4H3. The maximum atomic E-state index is 6.00. The second kappa shape index (κ2) is 5.01. The van der Waals surface area contributed by atoms with E-state index in [0.717, 1.165) is 22.1 Å². The van der Waals surface area contributed by atoms with Gasteiger partial charge in [-0.1, -0.05) is 38.4 Å². The van der Waals surface area contributed by atoms with Crippen LogP contribution in [0.3, 0.4) is 0 Å². The van der Waals surface area contributed by atoms with Crippen LogP contribution in [-0.4, -0.2) is 30.2 Å². The Morgan fingerprint density at radius 3 is 2.25 bits per heavy atom. The van der Waals surface area contributed by atoms with E-state index in [4.69, 9.17) is 11.6 Å². The fraction of sp³-hybridized carbons (Fsp3) is 0.294. The van der Waals surface area contributed by atoms with Gasteiger partial charge in [0.15, 0.2) is 0 Å². The Kier molecular flexibility index (Phi) is 3.15. The Hall–Kier alpha value is -2.47. The van der Waals surface area contributed by atoms with Crippen LogP contribution in [0.15, 0.2) is 30.3 Å². The summed E-state index contributed by atoms with van der Waals surface area (Å²) in [5.41, 5.74) is 5.50. The van der Waals surface area contributed by atoms with Gasteiger partial charge in [0.05, 0.1) is 0 Å². The molecule has 0 fully saturated rings. The van der Waals surface area contributed by atoms with Gasteiger partial charge in [-0.3, -0.25) is 0 Å². The second-order valence-corrected chi connectivity index (χ2v) is 7.42. The van der Waals surface area contributed by atoms with E-state index in [1.165, 1.54) is 15.4 Å². The Bertz CT molecular complexity index is 1070. The molecule has 0 amide bonds. The molecule has 0 unspecified atom stereocenters. The van der Waals surface area contributed by atoms with Gasteiger partial charge in [0, 0.05) is 5.02 Å². The number of rotatable bonds is 1. The molecular formula is C17H17ClN6. The molecule has 0 aliphatic rings. The highest BCUT2D eigenvalue weighted by Crippen LogP contribution is 2.27. The van der Waals surface area contributed by atoms with Gasteiger partial charge in [0.25, 0.3) is 0 Å². The van der Waals surface area contributed by atoms with Gasteiger partial charge in [0.1, 0.15) is 22.1 Å². The maximum Gasteiger partial charge on any atom is 0.118 e. The minimum atomic E-state index is 0.0537.